The van der Waals surface area contributed by atoms with Crippen LogP contribution in [0, 0.1) is 0 Å². The van der Waals surface area contributed by atoms with E-state index in [0.717, 1.165) is 26.2 Å². The normalized spacial score (nSPS) is 18.2. The highest BCUT2D eigenvalue weighted by molar-refractivity contribution is 5.76. The summed E-state index contributed by atoms with van der Waals surface area (Å²) in [4.78, 5) is 23.1. The number of hydrogen-bond donors (Lipinski definition) is 1. The fourth-order valence-electron chi connectivity index (χ4n) is 2.51. The number of hydrogen-bond acceptors (Lipinski definition) is 5. The first-order valence-electron chi connectivity index (χ1n) is 8.40. The van der Waals surface area contributed by atoms with E-state index in [-0.39, 0.29) is 11.4 Å². The highest BCUT2D eigenvalue weighted by atomic mass is 16.5. The van der Waals surface area contributed by atoms with Crippen molar-refractivity contribution >= 4 is 12.3 Å². The van der Waals surface area contributed by atoms with Gasteiger partial charge in [-0.1, -0.05) is 30.3 Å². The summed E-state index contributed by atoms with van der Waals surface area (Å²) in [5, 5.41) is 3.40. The van der Waals surface area contributed by atoms with Gasteiger partial charge in [0.25, 0.3) is 6.47 Å². The third-order valence-electron chi connectivity index (χ3n) is 3.52. The van der Waals surface area contributed by atoms with Crippen molar-refractivity contribution < 1.29 is 14.3 Å². The molecule has 0 aromatic heterocycles. The second kappa shape index (κ2) is 10.2. The van der Waals surface area contributed by atoms with Crippen LogP contribution in [0.4, 0.5) is 0 Å². The van der Waals surface area contributed by atoms with Crippen LogP contribution >= 0.6 is 0 Å². The molecule has 0 bridgehead atoms. The second-order valence-electron chi connectivity index (χ2n) is 7.10. The number of carbonyl (C=O) groups excluding carboxylic acids is 2. The molecule has 0 amide bonds. The molecule has 1 N–H and O–H groups in total. The Hall–Kier alpha value is -1.72. The molecule has 0 radical (unpaired) electrons. The summed E-state index contributed by atoms with van der Waals surface area (Å²) >= 11 is 0. The molecule has 1 saturated heterocycles. The molecular formula is C19H30N2O3. The van der Waals surface area contributed by atoms with E-state index in [4.69, 9.17) is 0 Å². The molecule has 0 saturated carbocycles. The first-order chi connectivity index (χ1) is 11.3. The summed E-state index contributed by atoms with van der Waals surface area (Å²) in [6.45, 7) is 11.6. The second-order valence-corrected chi connectivity index (χ2v) is 7.10. The monoisotopic (exact) mass is 334 g/mol. The summed E-state index contributed by atoms with van der Waals surface area (Å²) < 4.78 is 4.55. The van der Waals surface area contributed by atoms with Gasteiger partial charge < -0.3 is 10.1 Å². The van der Waals surface area contributed by atoms with Gasteiger partial charge in [-0.2, -0.15) is 0 Å². The Labute approximate surface area is 145 Å². The summed E-state index contributed by atoms with van der Waals surface area (Å²) in [7, 11) is 0. The van der Waals surface area contributed by atoms with Crippen molar-refractivity contribution in [1.29, 1.82) is 0 Å². The van der Waals surface area contributed by atoms with E-state index in [1.54, 1.807) is 6.92 Å². The average Bonchev–Trinajstić information content (AvgIpc) is 2.47. The minimum atomic E-state index is -0.318. The Balaban J connectivity index is 0.000000351. The molecule has 1 aliphatic rings. The maximum atomic E-state index is 11.1. The van der Waals surface area contributed by atoms with Crippen LogP contribution in [-0.2, 0) is 20.9 Å². The van der Waals surface area contributed by atoms with Crippen molar-refractivity contribution in [2.24, 2.45) is 0 Å². The Kier molecular flexibility index (Phi) is 8.65. The van der Waals surface area contributed by atoms with Crippen molar-refractivity contribution in [2.75, 3.05) is 19.6 Å². The van der Waals surface area contributed by atoms with E-state index >= 15 is 0 Å². The molecule has 5 nitrogen and oxygen atoms in total. The van der Waals surface area contributed by atoms with Gasteiger partial charge in [-0.25, -0.2) is 0 Å². The number of carbonyl (C=O) groups is 2. The lowest BCUT2D eigenvalue weighted by molar-refractivity contribution is -0.138. The predicted molar refractivity (Wildman–Crippen MR) is 95.7 cm³/mol. The number of benzene rings is 1. The van der Waals surface area contributed by atoms with E-state index in [1.165, 1.54) is 5.56 Å². The summed E-state index contributed by atoms with van der Waals surface area (Å²) in [6.07, 6.45) is 0.644. The number of nitrogens with one attached hydrogen (secondary N) is 1. The van der Waals surface area contributed by atoms with Crippen LogP contribution in [-0.4, -0.2) is 48.4 Å². The largest absolute Gasteiger partial charge is 0.462 e. The van der Waals surface area contributed by atoms with Crippen molar-refractivity contribution in [3.63, 3.8) is 0 Å². The van der Waals surface area contributed by atoms with Crippen LogP contribution in [0.25, 0.3) is 0 Å². The van der Waals surface area contributed by atoms with E-state index < -0.39 is 0 Å². The number of piperazine rings is 1. The quantitative estimate of drug-likeness (QED) is 0.838. The Morgan fingerprint density at radius 3 is 2.50 bits per heavy atom. The standard InChI is InChI=1S/C14H20N2O.C5H10O2/c1-12(17)9-14-11-16(8-7-15-14)10-13-5-3-2-4-6-13;1-5(2,3)7-4-6/h2-6,14-15H,7-11H2,1H3;4H,1-3H3. The SMILES string of the molecule is CC(=O)CC1CN(Cc2ccccc2)CCN1.CC(C)(C)OC=O. The molecule has 1 atom stereocenters. The summed E-state index contributed by atoms with van der Waals surface area (Å²) in [5.41, 5.74) is 1.03. The minimum Gasteiger partial charge on any atom is -0.462 e. The number of Topliss-reactive ketones (excluding diaryl/α,β-unsaturated/α-hetero) is 1. The van der Waals surface area contributed by atoms with Gasteiger partial charge in [-0.05, 0) is 33.3 Å². The Bertz CT molecular complexity index is 497. The average molecular weight is 334 g/mol. The van der Waals surface area contributed by atoms with Gasteiger partial charge in [0.1, 0.15) is 11.4 Å². The smallest absolute Gasteiger partial charge is 0.293 e. The first kappa shape index (κ1) is 20.3. The van der Waals surface area contributed by atoms with E-state index in [0.29, 0.717) is 18.9 Å². The molecular weight excluding hydrogens is 304 g/mol. The number of ether oxygens (including phenoxy) is 1. The summed E-state index contributed by atoms with van der Waals surface area (Å²) in [6, 6.07) is 10.8. The van der Waals surface area contributed by atoms with Gasteiger partial charge in [0.2, 0.25) is 0 Å². The third kappa shape index (κ3) is 9.43. The maximum absolute atomic E-state index is 11.1. The highest BCUT2D eigenvalue weighted by Gasteiger charge is 2.20. The van der Waals surface area contributed by atoms with E-state index in [9.17, 15) is 9.59 Å². The molecule has 134 valence electrons. The van der Waals surface area contributed by atoms with Crippen molar-refractivity contribution in [2.45, 2.75) is 52.3 Å². The fourth-order valence-corrected chi connectivity index (χ4v) is 2.51. The van der Waals surface area contributed by atoms with E-state index in [1.807, 2.05) is 26.8 Å². The lowest BCUT2D eigenvalue weighted by Gasteiger charge is -2.33. The molecule has 1 heterocycles. The van der Waals surface area contributed by atoms with Gasteiger partial charge in [-0.3, -0.25) is 14.5 Å². The van der Waals surface area contributed by atoms with Gasteiger partial charge in [0, 0.05) is 38.6 Å². The van der Waals surface area contributed by atoms with Crippen molar-refractivity contribution in [3.8, 4) is 0 Å². The zero-order valence-corrected chi connectivity index (χ0v) is 15.2. The molecule has 24 heavy (non-hydrogen) atoms. The predicted octanol–water partition coefficient (Wildman–Crippen LogP) is 2.40. The number of nitrogens with zero attached hydrogens (tertiary/aromatic N) is 1. The zero-order valence-electron chi connectivity index (χ0n) is 15.2. The molecule has 1 unspecified atom stereocenters. The van der Waals surface area contributed by atoms with Crippen LogP contribution in [0.5, 0.6) is 0 Å². The lowest BCUT2D eigenvalue weighted by Crippen LogP contribution is -2.50. The third-order valence-corrected chi connectivity index (χ3v) is 3.52. The number of ketones is 1. The lowest BCUT2D eigenvalue weighted by atomic mass is 10.1. The molecule has 1 aliphatic heterocycles. The Morgan fingerprint density at radius 1 is 1.33 bits per heavy atom. The van der Waals surface area contributed by atoms with Crippen molar-refractivity contribution in [1.82, 2.24) is 10.2 Å². The van der Waals surface area contributed by atoms with Crippen LogP contribution in [0.1, 0.15) is 39.7 Å². The minimum absolute atomic E-state index is 0.268. The van der Waals surface area contributed by atoms with Gasteiger partial charge in [0.15, 0.2) is 0 Å². The van der Waals surface area contributed by atoms with E-state index in [2.05, 4.69) is 39.2 Å². The molecule has 1 fully saturated rings. The number of rotatable bonds is 5. The van der Waals surface area contributed by atoms with Gasteiger partial charge in [0.05, 0.1) is 0 Å². The molecule has 1 aromatic rings. The molecule has 1 aromatic carbocycles. The van der Waals surface area contributed by atoms with Gasteiger partial charge in [-0.15, -0.1) is 0 Å². The molecule has 0 aliphatic carbocycles. The van der Waals surface area contributed by atoms with Gasteiger partial charge >= 0.3 is 0 Å². The molecule has 5 heteroatoms. The van der Waals surface area contributed by atoms with Crippen LogP contribution in [0.3, 0.4) is 0 Å². The summed E-state index contributed by atoms with van der Waals surface area (Å²) in [5.74, 6) is 0.268. The zero-order chi connectivity index (χ0) is 18.0. The van der Waals surface area contributed by atoms with Crippen molar-refractivity contribution in [3.05, 3.63) is 35.9 Å². The highest BCUT2D eigenvalue weighted by Crippen LogP contribution is 2.09. The Morgan fingerprint density at radius 2 is 2.00 bits per heavy atom. The fraction of sp³-hybridized carbons (Fsp3) is 0.579. The van der Waals surface area contributed by atoms with Crippen LogP contribution in [0.15, 0.2) is 30.3 Å². The van der Waals surface area contributed by atoms with Crippen LogP contribution < -0.4 is 5.32 Å². The van der Waals surface area contributed by atoms with Crippen LogP contribution in [0.2, 0.25) is 0 Å². The first-order valence-corrected chi connectivity index (χ1v) is 8.40. The molecule has 0 spiro atoms. The topological polar surface area (TPSA) is 58.6 Å². The maximum Gasteiger partial charge on any atom is 0.293 e. The molecule has 2 rings (SSSR count).